The highest BCUT2D eigenvalue weighted by Crippen LogP contribution is 2.10. The van der Waals surface area contributed by atoms with E-state index in [4.69, 9.17) is 0 Å². The minimum absolute atomic E-state index is 0.0394. The quantitative estimate of drug-likeness (QED) is 0.816. The summed E-state index contributed by atoms with van der Waals surface area (Å²) in [6.45, 7) is 0.648. The van der Waals surface area contributed by atoms with Gasteiger partial charge >= 0.3 is 0 Å². The molecule has 0 aliphatic carbocycles. The Kier molecular flexibility index (Phi) is 3.05. The summed E-state index contributed by atoms with van der Waals surface area (Å²) in [5.41, 5.74) is 1.60. The summed E-state index contributed by atoms with van der Waals surface area (Å²) in [7, 11) is 1.94. The molecule has 1 heterocycles. The van der Waals surface area contributed by atoms with Crippen LogP contribution in [-0.4, -0.2) is 24.4 Å². The lowest BCUT2D eigenvalue weighted by atomic mass is 10.1. The normalized spacial score (nSPS) is 14.6. The summed E-state index contributed by atoms with van der Waals surface area (Å²) in [6, 6.07) is 9.47. The van der Waals surface area contributed by atoms with Crippen molar-refractivity contribution in [2.45, 2.75) is 0 Å². The fraction of sp³-hybridized carbons (Fsp3) is 0.154. The number of benzene rings is 1. The Bertz CT molecular complexity index is 435. The number of anilines is 1. The summed E-state index contributed by atoms with van der Waals surface area (Å²) < 4.78 is 0. The van der Waals surface area contributed by atoms with E-state index in [9.17, 15) is 4.79 Å². The standard InChI is InChI=1S/C13H14N2O/c1-15-9-5-6-11(10-15)13(16)14-12-7-3-2-4-8-12/h2-9H,10H2,1H3,(H,14,16). The minimum atomic E-state index is -0.0394. The van der Waals surface area contributed by atoms with Gasteiger partial charge in [-0.2, -0.15) is 0 Å². The van der Waals surface area contributed by atoms with E-state index in [-0.39, 0.29) is 5.91 Å². The lowest BCUT2D eigenvalue weighted by Crippen LogP contribution is -2.25. The lowest BCUT2D eigenvalue weighted by molar-refractivity contribution is -0.113. The van der Waals surface area contributed by atoms with Gasteiger partial charge in [-0.15, -0.1) is 0 Å². The van der Waals surface area contributed by atoms with Gasteiger partial charge in [0.2, 0.25) is 0 Å². The van der Waals surface area contributed by atoms with Crippen molar-refractivity contribution in [2.24, 2.45) is 0 Å². The number of para-hydroxylation sites is 1. The van der Waals surface area contributed by atoms with E-state index in [2.05, 4.69) is 5.32 Å². The van der Waals surface area contributed by atoms with E-state index in [0.29, 0.717) is 6.54 Å². The number of carbonyl (C=O) groups is 1. The van der Waals surface area contributed by atoms with Crippen LogP contribution in [0.15, 0.2) is 54.3 Å². The zero-order chi connectivity index (χ0) is 11.4. The first-order valence-electron chi connectivity index (χ1n) is 5.20. The second-order valence-corrected chi connectivity index (χ2v) is 3.77. The zero-order valence-corrected chi connectivity index (χ0v) is 9.18. The maximum absolute atomic E-state index is 11.9. The van der Waals surface area contributed by atoms with Gasteiger partial charge in [0.25, 0.3) is 5.91 Å². The van der Waals surface area contributed by atoms with E-state index >= 15 is 0 Å². The Balaban J connectivity index is 2.04. The molecule has 1 aliphatic heterocycles. The SMILES string of the molecule is CN1C=CC=C(C(=O)Nc2ccccc2)C1. The summed E-state index contributed by atoms with van der Waals surface area (Å²) in [5.74, 6) is -0.0394. The second kappa shape index (κ2) is 4.66. The monoisotopic (exact) mass is 214 g/mol. The van der Waals surface area contributed by atoms with Crippen LogP contribution in [0.25, 0.3) is 0 Å². The molecule has 0 atom stereocenters. The third-order valence-electron chi connectivity index (χ3n) is 2.38. The van der Waals surface area contributed by atoms with Crippen molar-refractivity contribution in [2.75, 3.05) is 18.9 Å². The van der Waals surface area contributed by atoms with Crippen LogP contribution in [0.3, 0.4) is 0 Å². The van der Waals surface area contributed by atoms with E-state index in [1.54, 1.807) is 0 Å². The highest BCUT2D eigenvalue weighted by molar-refractivity contribution is 6.04. The van der Waals surface area contributed by atoms with Gasteiger partial charge in [-0.25, -0.2) is 0 Å². The molecule has 0 spiro atoms. The van der Waals surface area contributed by atoms with Gasteiger partial charge in [0.1, 0.15) is 0 Å². The Morgan fingerprint density at radius 1 is 1.31 bits per heavy atom. The molecule has 82 valence electrons. The number of carbonyl (C=O) groups excluding carboxylic acids is 1. The molecule has 0 radical (unpaired) electrons. The molecule has 0 fully saturated rings. The number of nitrogens with one attached hydrogen (secondary N) is 1. The first-order valence-corrected chi connectivity index (χ1v) is 5.20. The smallest absolute Gasteiger partial charge is 0.253 e. The molecule has 1 N–H and O–H groups in total. The van der Waals surface area contributed by atoms with Gasteiger partial charge in [-0.05, 0) is 24.4 Å². The molecule has 1 amide bonds. The maximum Gasteiger partial charge on any atom is 0.253 e. The molecule has 0 saturated heterocycles. The van der Waals surface area contributed by atoms with Gasteiger partial charge in [0.15, 0.2) is 0 Å². The number of hydrogen-bond acceptors (Lipinski definition) is 2. The van der Waals surface area contributed by atoms with Crippen molar-refractivity contribution in [3.8, 4) is 0 Å². The predicted molar refractivity (Wildman–Crippen MR) is 64.9 cm³/mol. The minimum Gasteiger partial charge on any atom is -0.376 e. The van der Waals surface area contributed by atoms with Crippen LogP contribution in [0.2, 0.25) is 0 Å². The van der Waals surface area contributed by atoms with Crippen LogP contribution >= 0.6 is 0 Å². The number of likely N-dealkylation sites (N-methyl/N-ethyl adjacent to an activating group) is 1. The van der Waals surface area contributed by atoms with Crippen molar-refractivity contribution < 1.29 is 4.79 Å². The van der Waals surface area contributed by atoms with Crippen molar-refractivity contribution in [1.82, 2.24) is 4.90 Å². The van der Waals surface area contributed by atoms with Crippen molar-refractivity contribution in [3.05, 3.63) is 54.3 Å². The summed E-state index contributed by atoms with van der Waals surface area (Å²) in [5, 5.41) is 2.86. The van der Waals surface area contributed by atoms with Crippen LogP contribution in [0.5, 0.6) is 0 Å². The molecule has 1 aromatic carbocycles. The molecular formula is C13H14N2O. The third-order valence-corrected chi connectivity index (χ3v) is 2.38. The second-order valence-electron chi connectivity index (χ2n) is 3.77. The molecule has 3 nitrogen and oxygen atoms in total. The van der Waals surface area contributed by atoms with E-state index in [1.165, 1.54) is 0 Å². The Morgan fingerprint density at radius 2 is 2.06 bits per heavy atom. The van der Waals surface area contributed by atoms with Crippen LogP contribution in [0.1, 0.15) is 0 Å². The summed E-state index contributed by atoms with van der Waals surface area (Å²) >= 11 is 0. The highest BCUT2D eigenvalue weighted by Gasteiger charge is 2.12. The van der Waals surface area contributed by atoms with E-state index in [0.717, 1.165) is 11.3 Å². The Labute approximate surface area is 95.1 Å². The number of rotatable bonds is 2. The fourth-order valence-electron chi connectivity index (χ4n) is 1.56. The van der Waals surface area contributed by atoms with Gasteiger partial charge in [-0.1, -0.05) is 24.3 Å². The molecule has 0 saturated carbocycles. The average Bonchev–Trinajstić information content (AvgIpc) is 2.30. The van der Waals surface area contributed by atoms with Crippen molar-refractivity contribution in [1.29, 1.82) is 0 Å². The first-order chi connectivity index (χ1) is 7.75. The largest absolute Gasteiger partial charge is 0.376 e. The molecule has 1 aliphatic rings. The van der Waals surface area contributed by atoms with Crippen LogP contribution in [-0.2, 0) is 4.79 Å². The molecule has 16 heavy (non-hydrogen) atoms. The Hall–Kier alpha value is -2.03. The van der Waals surface area contributed by atoms with Gasteiger partial charge in [-0.3, -0.25) is 4.79 Å². The number of nitrogens with zero attached hydrogens (tertiary/aromatic N) is 1. The summed E-state index contributed by atoms with van der Waals surface area (Å²) in [4.78, 5) is 13.8. The maximum atomic E-state index is 11.9. The third kappa shape index (κ3) is 2.51. The predicted octanol–water partition coefficient (Wildman–Crippen LogP) is 2.01. The lowest BCUT2D eigenvalue weighted by Gasteiger charge is -2.19. The van der Waals surface area contributed by atoms with E-state index < -0.39 is 0 Å². The Morgan fingerprint density at radius 3 is 2.75 bits per heavy atom. The molecule has 3 heteroatoms. The zero-order valence-electron chi connectivity index (χ0n) is 9.18. The fourth-order valence-corrected chi connectivity index (χ4v) is 1.56. The average molecular weight is 214 g/mol. The van der Waals surface area contributed by atoms with Gasteiger partial charge < -0.3 is 10.2 Å². The first kappa shape index (κ1) is 10.5. The molecular weight excluding hydrogens is 200 g/mol. The number of hydrogen-bond donors (Lipinski definition) is 1. The molecule has 2 rings (SSSR count). The van der Waals surface area contributed by atoms with Crippen LogP contribution in [0.4, 0.5) is 5.69 Å². The van der Waals surface area contributed by atoms with Gasteiger partial charge in [0.05, 0.1) is 0 Å². The molecule has 1 aromatic rings. The molecule has 0 bridgehead atoms. The topological polar surface area (TPSA) is 32.3 Å². The summed E-state index contributed by atoms with van der Waals surface area (Å²) in [6.07, 6.45) is 5.67. The molecule has 0 unspecified atom stereocenters. The highest BCUT2D eigenvalue weighted by atomic mass is 16.1. The molecule has 0 aromatic heterocycles. The van der Waals surface area contributed by atoms with Gasteiger partial charge in [0, 0.05) is 24.9 Å². The van der Waals surface area contributed by atoms with Crippen LogP contribution < -0.4 is 5.32 Å². The number of allylic oxidation sites excluding steroid dienone is 2. The number of amides is 1. The van der Waals surface area contributed by atoms with Crippen molar-refractivity contribution in [3.63, 3.8) is 0 Å². The van der Waals surface area contributed by atoms with E-state index in [1.807, 2.05) is 60.6 Å². The van der Waals surface area contributed by atoms with Crippen LogP contribution in [0, 0.1) is 0 Å². The van der Waals surface area contributed by atoms with Crippen molar-refractivity contribution >= 4 is 11.6 Å².